The van der Waals surface area contributed by atoms with E-state index in [4.69, 9.17) is 10.5 Å². The lowest BCUT2D eigenvalue weighted by molar-refractivity contribution is 0.122. The van der Waals surface area contributed by atoms with Crippen LogP contribution in [0.1, 0.15) is 26.7 Å². The number of hydrogen-bond donors (Lipinski definition) is 1. The van der Waals surface area contributed by atoms with Crippen LogP contribution in [0.3, 0.4) is 0 Å². The lowest BCUT2D eigenvalue weighted by Crippen LogP contribution is -2.21. The van der Waals surface area contributed by atoms with Gasteiger partial charge in [0.1, 0.15) is 0 Å². The van der Waals surface area contributed by atoms with Gasteiger partial charge in [-0.15, -0.1) is 0 Å². The molecule has 1 unspecified atom stereocenters. The van der Waals surface area contributed by atoms with Crippen LogP contribution < -0.4 is 5.73 Å². The van der Waals surface area contributed by atoms with E-state index in [-0.39, 0.29) is 6.04 Å². The Morgan fingerprint density at radius 2 is 2.22 bits per heavy atom. The number of rotatable bonds is 5. The minimum atomic E-state index is 0.182. The minimum Gasteiger partial charge on any atom is -0.380 e. The second-order valence-electron chi connectivity index (χ2n) is 2.41. The molecule has 0 aliphatic rings. The van der Waals surface area contributed by atoms with Crippen molar-refractivity contribution in [1.29, 1.82) is 0 Å². The second-order valence-corrected chi connectivity index (χ2v) is 2.41. The van der Waals surface area contributed by atoms with Crippen molar-refractivity contribution in [2.24, 2.45) is 5.73 Å². The summed E-state index contributed by atoms with van der Waals surface area (Å²) in [5, 5.41) is 0. The van der Waals surface area contributed by atoms with Crippen LogP contribution in [0.25, 0.3) is 0 Å². The molecule has 2 heteroatoms. The van der Waals surface area contributed by atoms with Gasteiger partial charge < -0.3 is 10.5 Å². The standard InChI is InChI=1S/C7H17NO/c1-3-4-5-9-6-7(2)8/h7H,3-6,8H2,1-2H3. The molecule has 0 spiro atoms. The normalized spacial score (nSPS) is 13.7. The largest absolute Gasteiger partial charge is 0.380 e. The van der Waals surface area contributed by atoms with Crippen molar-refractivity contribution in [3.8, 4) is 0 Å². The zero-order valence-corrected chi connectivity index (χ0v) is 6.39. The molecule has 0 rings (SSSR count). The predicted molar refractivity (Wildman–Crippen MR) is 39.4 cm³/mol. The molecule has 0 bridgehead atoms. The smallest absolute Gasteiger partial charge is 0.0614 e. The van der Waals surface area contributed by atoms with Crippen molar-refractivity contribution in [2.45, 2.75) is 32.7 Å². The van der Waals surface area contributed by atoms with Crippen LogP contribution in [0.15, 0.2) is 0 Å². The van der Waals surface area contributed by atoms with Gasteiger partial charge in [-0.05, 0) is 13.3 Å². The van der Waals surface area contributed by atoms with E-state index in [0.717, 1.165) is 13.0 Å². The van der Waals surface area contributed by atoms with E-state index in [0.29, 0.717) is 6.61 Å². The zero-order valence-electron chi connectivity index (χ0n) is 6.39. The highest BCUT2D eigenvalue weighted by Gasteiger charge is 1.91. The maximum absolute atomic E-state index is 5.45. The first-order valence-electron chi connectivity index (χ1n) is 3.60. The van der Waals surface area contributed by atoms with Crippen LogP contribution >= 0.6 is 0 Å². The Balaban J connectivity index is 2.75. The summed E-state index contributed by atoms with van der Waals surface area (Å²) in [5.41, 5.74) is 5.45. The van der Waals surface area contributed by atoms with Crippen LogP contribution in [0, 0.1) is 0 Å². The van der Waals surface area contributed by atoms with Crippen LogP contribution in [-0.2, 0) is 4.74 Å². The molecule has 0 aromatic carbocycles. The summed E-state index contributed by atoms with van der Waals surface area (Å²) in [5.74, 6) is 0. The Morgan fingerprint density at radius 3 is 2.67 bits per heavy atom. The molecule has 0 saturated heterocycles. The third-order valence-electron chi connectivity index (χ3n) is 1.02. The Kier molecular flexibility index (Phi) is 5.99. The summed E-state index contributed by atoms with van der Waals surface area (Å²) in [6.07, 6.45) is 2.34. The van der Waals surface area contributed by atoms with Gasteiger partial charge in [-0.3, -0.25) is 0 Å². The first-order valence-corrected chi connectivity index (χ1v) is 3.60. The van der Waals surface area contributed by atoms with E-state index < -0.39 is 0 Å². The van der Waals surface area contributed by atoms with Gasteiger partial charge >= 0.3 is 0 Å². The molecule has 0 aromatic rings. The lowest BCUT2D eigenvalue weighted by Gasteiger charge is -2.04. The summed E-state index contributed by atoms with van der Waals surface area (Å²) in [6.45, 7) is 5.65. The fourth-order valence-corrected chi connectivity index (χ4v) is 0.516. The van der Waals surface area contributed by atoms with Crippen molar-refractivity contribution in [3.63, 3.8) is 0 Å². The zero-order chi connectivity index (χ0) is 7.11. The molecule has 0 saturated carbocycles. The molecule has 0 aliphatic heterocycles. The van der Waals surface area contributed by atoms with E-state index in [2.05, 4.69) is 6.92 Å². The highest BCUT2D eigenvalue weighted by atomic mass is 16.5. The van der Waals surface area contributed by atoms with Crippen molar-refractivity contribution < 1.29 is 4.74 Å². The molecule has 2 N–H and O–H groups in total. The molecular formula is C7H17NO. The van der Waals surface area contributed by atoms with Crippen molar-refractivity contribution in [3.05, 3.63) is 0 Å². The summed E-state index contributed by atoms with van der Waals surface area (Å²) in [7, 11) is 0. The Morgan fingerprint density at radius 1 is 1.56 bits per heavy atom. The Bertz CT molecular complexity index is 54.9. The average Bonchev–Trinajstić information content (AvgIpc) is 1.80. The molecule has 0 aliphatic carbocycles. The van der Waals surface area contributed by atoms with E-state index in [1.54, 1.807) is 0 Å². The number of nitrogens with two attached hydrogens (primary N) is 1. The highest BCUT2D eigenvalue weighted by Crippen LogP contribution is 1.88. The quantitative estimate of drug-likeness (QED) is 0.568. The number of unbranched alkanes of at least 4 members (excludes halogenated alkanes) is 1. The van der Waals surface area contributed by atoms with E-state index >= 15 is 0 Å². The van der Waals surface area contributed by atoms with Crippen LogP contribution in [0.5, 0.6) is 0 Å². The summed E-state index contributed by atoms with van der Waals surface area (Å²) in [4.78, 5) is 0. The molecule has 2 nitrogen and oxygen atoms in total. The summed E-state index contributed by atoms with van der Waals surface area (Å²) < 4.78 is 5.21. The molecule has 1 atom stereocenters. The van der Waals surface area contributed by atoms with Crippen molar-refractivity contribution in [2.75, 3.05) is 13.2 Å². The fraction of sp³-hybridized carbons (Fsp3) is 1.00. The van der Waals surface area contributed by atoms with Gasteiger partial charge in [0.05, 0.1) is 6.61 Å². The predicted octanol–water partition coefficient (Wildman–Crippen LogP) is 1.15. The first kappa shape index (κ1) is 8.92. The van der Waals surface area contributed by atoms with E-state index in [9.17, 15) is 0 Å². The average molecular weight is 131 g/mol. The second kappa shape index (κ2) is 6.05. The maximum atomic E-state index is 5.45. The van der Waals surface area contributed by atoms with Gasteiger partial charge in [0.25, 0.3) is 0 Å². The third kappa shape index (κ3) is 7.92. The maximum Gasteiger partial charge on any atom is 0.0614 e. The summed E-state index contributed by atoms with van der Waals surface area (Å²) >= 11 is 0. The SMILES string of the molecule is CCCCOCC(C)N. The van der Waals surface area contributed by atoms with Crippen molar-refractivity contribution >= 4 is 0 Å². The van der Waals surface area contributed by atoms with Gasteiger partial charge in [0, 0.05) is 12.6 Å². The van der Waals surface area contributed by atoms with Crippen LogP contribution in [0.2, 0.25) is 0 Å². The highest BCUT2D eigenvalue weighted by molar-refractivity contribution is 4.47. The van der Waals surface area contributed by atoms with Gasteiger partial charge in [0.2, 0.25) is 0 Å². The summed E-state index contributed by atoms with van der Waals surface area (Å²) in [6, 6.07) is 0.182. The van der Waals surface area contributed by atoms with Crippen LogP contribution in [0.4, 0.5) is 0 Å². The molecule has 0 fully saturated rings. The molecule has 0 amide bonds. The third-order valence-corrected chi connectivity index (χ3v) is 1.02. The fourth-order valence-electron chi connectivity index (χ4n) is 0.516. The van der Waals surface area contributed by atoms with Gasteiger partial charge in [0.15, 0.2) is 0 Å². The minimum absolute atomic E-state index is 0.182. The van der Waals surface area contributed by atoms with Gasteiger partial charge in [-0.1, -0.05) is 13.3 Å². The first-order chi connectivity index (χ1) is 4.27. The monoisotopic (exact) mass is 131 g/mol. The molecular weight excluding hydrogens is 114 g/mol. The molecule has 0 aromatic heterocycles. The topological polar surface area (TPSA) is 35.2 Å². The number of hydrogen-bond acceptors (Lipinski definition) is 2. The molecule has 56 valence electrons. The van der Waals surface area contributed by atoms with Crippen LogP contribution in [-0.4, -0.2) is 19.3 Å². The van der Waals surface area contributed by atoms with Gasteiger partial charge in [-0.25, -0.2) is 0 Å². The Labute approximate surface area is 57.4 Å². The van der Waals surface area contributed by atoms with E-state index in [1.165, 1.54) is 6.42 Å². The van der Waals surface area contributed by atoms with E-state index in [1.807, 2.05) is 6.92 Å². The Hall–Kier alpha value is -0.0800. The molecule has 0 radical (unpaired) electrons. The number of ether oxygens (including phenoxy) is 1. The van der Waals surface area contributed by atoms with Gasteiger partial charge in [-0.2, -0.15) is 0 Å². The van der Waals surface area contributed by atoms with Crippen molar-refractivity contribution in [1.82, 2.24) is 0 Å². The molecule has 9 heavy (non-hydrogen) atoms. The lowest BCUT2D eigenvalue weighted by atomic mass is 10.3. The molecule has 0 heterocycles.